The monoisotopic (exact) mass is 240 g/mol. The van der Waals surface area contributed by atoms with Crippen LogP contribution in [0.5, 0.6) is 0 Å². The molecule has 16 heavy (non-hydrogen) atoms. The first-order valence-electron chi connectivity index (χ1n) is 5.67. The van der Waals surface area contributed by atoms with Crippen LogP contribution in [0.1, 0.15) is 19.3 Å². The minimum Gasteiger partial charge on any atom is -0.368 e. The van der Waals surface area contributed by atoms with Gasteiger partial charge in [0.2, 0.25) is 0 Å². The van der Waals surface area contributed by atoms with Crippen molar-refractivity contribution in [3.8, 4) is 0 Å². The predicted molar refractivity (Wildman–Crippen MR) is 65.8 cm³/mol. The highest BCUT2D eigenvalue weighted by Crippen LogP contribution is 2.16. The second-order valence-corrected chi connectivity index (χ2v) is 4.62. The number of hydrogen-bond acceptors (Lipinski definition) is 4. The van der Waals surface area contributed by atoms with Crippen LogP contribution < -0.4 is 5.32 Å². The van der Waals surface area contributed by atoms with Gasteiger partial charge in [-0.05, 0) is 26.4 Å². The van der Waals surface area contributed by atoms with Crippen molar-refractivity contribution < 1.29 is 0 Å². The third-order valence-electron chi connectivity index (χ3n) is 3.07. The first-order chi connectivity index (χ1) is 7.75. The summed E-state index contributed by atoms with van der Waals surface area (Å²) >= 11 is 5.79. The molecule has 1 unspecified atom stereocenters. The van der Waals surface area contributed by atoms with E-state index in [1.54, 1.807) is 6.07 Å². The average Bonchev–Trinajstić information content (AvgIpc) is 2.28. The zero-order valence-electron chi connectivity index (χ0n) is 9.49. The van der Waals surface area contributed by atoms with Crippen molar-refractivity contribution in [1.82, 2.24) is 14.9 Å². The van der Waals surface area contributed by atoms with E-state index in [9.17, 15) is 0 Å². The summed E-state index contributed by atoms with van der Waals surface area (Å²) in [5.74, 6) is 0.805. The van der Waals surface area contributed by atoms with Crippen molar-refractivity contribution >= 4 is 17.4 Å². The highest BCUT2D eigenvalue weighted by atomic mass is 35.5. The highest BCUT2D eigenvalue weighted by molar-refractivity contribution is 6.29. The van der Waals surface area contributed by atoms with Crippen molar-refractivity contribution in [3.63, 3.8) is 0 Å². The lowest BCUT2D eigenvalue weighted by atomic mass is 10.0. The second-order valence-electron chi connectivity index (χ2n) is 4.24. The molecular weight excluding hydrogens is 224 g/mol. The van der Waals surface area contributed by atoms with Gasteiger partial charge in [-0.3, -0.25) is 0 Å². The van der Waals surface area contributed by atoms with Gasteiger partial charge in [-0.2, -0.15) is 0 Å². The lowest BCUT2D eigenvalue weighted by Crippen LogP contribution is -2.40. The minimum absolute atomic E-state index is 0.481. The van der Waals surface area contributed by atoms with Crippen LogP contribution in [0.4, 0.5) is 5.82 Å². The zero-order valence-corrected chi connectivity index (χ0v) is 10.2. The van der Waals surface area contributed by atoms with Crippen molar-refractivity contribution in [3.05, 3.63) is 17.5 Å². The molecule has 1 saturated heterocycles. The minimum atomic E-state index is 0.481. The third-order valence-corrected chi connectivity index (χ3v) is 3.28. The van der Waals surface area contributed by atoms with Crippen LogP contribution in [0, 0.1) is 0 Å². The Labute approximate surface area is 101 Å². The Morgan fingerprint density at radius 3 is 3.12 bits per heavy atom. The topological polar surface area (TPSA) is 41.0 Å². The number of halogens is 1. The molecule has 1 aromatic heterocycles. The number of nitrogens with one attached hydrogen (secondary N) is 1. The van der Waals surface area contributed by atoms with Crippen LogP contribution in [0.15, 0.2) is 12.4 Å². The van der Waals surface area contributed by atoms with E-state index in [4.69, 9.17) is 11.6 Å². The molecule has 2 rings (SSSR count). The molecule has 0 spiro atoms. The Balaban J connectivity index is 1.86. The molecule has 0 bridgehead atoms. The van der Waals surface area contributed by atoms with Crippen molar-refractivity contribution in [2.24, 2.45) is 0 Å². The Morgan fingerprint density at radius 2 is 2.38 bits per heavy atom. The van der Waals surface area contributed by atoms with Gasteiger partial charge in [-0.25, -0.2) is 9.97 Å². The first kappa shape index (κ1) is 11.6. The standard InChI is InChI=1S/C11H17ClN4/c1-16-5-3-2-4-9(16)7-13-11-6-10(12)14-8-15-11/h6,8-9H,2-5,7H2,1H3,(H,13,14,15). The van der Waals surface area contributed by atoms with E-state index in [0.29, 0.717) is 11.2 Å². The van der Waals surface area contributed by atoms with E-state index in [1.165, 1.54) is 32.1 Å². The number of anilines is 1. The second kappa shape index (κ2) is 5.46. The van der Waals surface area contributed by atoms with Gasteiger partial charge in [0.25, 0.3) is 0 Å². The number of likely N-dealkylation sites (N-methyl/N-ethyl adjacent to an activating group) is 1. The molecule has 0 aliphatic carbocycles. The summed E-state index contributed by atoms with van der Waals surface area (Å²) in [6.07, 6.45) is 5.37. The van der Waals surface area contributed by atoms with Gasteiger partial charge in [0.15, 0.2) is 0 Å². The Kier molecular flexibility index (Phi) is 3.96. The largest absolute Gasteiger partial charge is 0.368 e. The van der Waals surface area contributed by atoms with Crippen LogP contribution >= 0.6 is 11.6 Å². The third kappa shape index (κ3) is 3.06. The van der Waals surface area contributed by atoms with Gasteiger partial charge in [0.1, 0.15) is 17.3 Å². The maximum atomic E-state index is 5.79. The number of hydrogen-bond donors (Lipinski definition) is 1. The van der Waals surface area contributed by atoms with E-state index < -0.39 is 0 Å². The van der Waals surface area contributed by atoms with Gasteiger partial charge in [-0.1, -0.05) is 18.0 Å². The molecule has 5 heteroatoms. The zero-order chi connectivity index (χ0) is 11.4. The molecule has 0 radical (unpaired) electrons. The highest BCUT2D eigenvalue weighted by Gasteiger charge is 2.18. The summed E-state index contributed by atoms with van der Waals surface area (Å²) in [6.45, 7) is 2.11. The van der Waals surface area contributed by atoms with Gasteiger partial charge >= 0.3 is 0 Å². The fraction of sp³-hybridized carbons (Fsp3) is 0.636. The summed E-state index contributed by atoms with van der Waals surface area (Å²) in [6, 6.07) is 2.35. The molecule has 1 aliphatic rings. The quantitative estimate of drug-likeness (QED) is 0.821. The van der Waals surface area contributed by atoms with Gasteiger partial charge in [0, 0.05) is 18.7 Å². The summed E-state index contributed by atoms with van der Waals surface area (Å²) in [7, 11) is 2.18. The molecule has 2 heterocycles. The molecular formula is C11H17ClN4. The Morgan fingerprint density at radius 1 is 1.50 bits per heavy atom. The molecule has 0 amide bonds. The lowest BCUT2D eigenvalue weighted by Gasteiger charge is -2.32. The van der Waals surface area contributed by atoms with Gasteiger partial charge < -0.3 is 10.2 Å². The number of piperidine rings is 1. The lowest BCUT2D eigenvalue weighted by molar-refractivity contribution is 0.194. The summed E-state index contributed by atoms with van der Waals surface area (Å²) in [5, 5.41) is 3.79. The van der Waals surface area contributed by atoms with Crippen LogP contribution in [0.3, 0.4) is 0 Å². The Bertz CT molecular complexity index is 345. The molecule has 1 fully saturated rings. The molecule has 4 nitrogen and oxygen atoms in total. The van der Waals surface area contributed by atoms with Gasteiger partial charge in [-0.15, -0.1) is 0 Å². The average molecular weight is 241 g/mol. The molecule has 1 aromatic rings. The van der Waals surface area contributed by atoms with Crippen molar-refractivity contribution in [2.75, 3.05) is 25.5 Å². The fourth-order valence-electron chi connectivity index (χ4n) is 2.05. The summed E-state index contributed by atoms with van der Waals surface area (Å²) < 4.78 is 0. The Hall–Kier alpha value is -0.870. The summed E-state index contributed by atoms with van der Waals surface area (Å²) in [4.78, 5) is 10.4. The van der Waals surface area contributed by atoms with Crippen molar-refractivity contribution in [1.29, 1.82) is 0 Å². The van der Waals surface area contributed by atoms with Crippen LogP contribution in [-0.2, 0) is 0 Å². The maximum Gasteiger partial charge on any atom is 0.134 e. The van der Waals surface area contributed by atoms with E-state index in [2.05, 4.69) is 27.2 Å². The predicted octanol–water partition coefficient (Wildman–Crippen LogP) is 2.03. The molecule has 88 valence electrons. The number of rotatable bonds is 3. The van der Waals surface area contributed by atoms with Crippen LogP contribution in [0.2, 0.25) is 5.15 Å². The number of likely N-dealkylation sites (tertiary alicyclic amines) is 1. The summed E-state index contributed by atoms with van der Waals surface area (Å²) in [5.41, 5.74) is 0. The number of nitrogens with zero attached hydrogens (tertiary/aromatic N) is 3. The van der Waals surface area contributed by atoms with E-state index >= 15 is 0 Å². The normalized spacial score (nSPS) is 22.0. The van der Waals surface area contributed by atoms with E-state index in [0.717, 1.165) is 12.4 Å². The molecule has 1 aliphatic heterocycles. The molecule has 0 aromatic carbocycles. The van der Waals surface area contributed by atoms with Crippen LogP contribution in [0.25, 0.3) is 0 Å². The fourth-order valence-corrected chi connectivity index (χ4v) is 2.20. The van der Waals surface area contributed by atoms with Crippen LogP contribution in [-0.4, -0.2) is 41.0 Å². The molecule has 0 saturated carbocycles. The maximum absolute atomic E-state index is 5.79. The van der Waals surface area contributed by atoms with E-state index in [-0.39, 0.29) is 0 Å². The number of aromatic nitrogens is 2. The molecule has 1 atom stereocenters. The molecule has 1 N–H and O–H groups in total. The first-order valence-corrected chi connectivity index (χ1v) is 6.05. The van der Waals surface area contributed by atoms with Crippen molar-refractivity contribution in [2.45, 2.75) is 25.3 Å². The smallest absolute Gasteiger partial charge is 0.134 e. The SMILES string of the molecule is CN1CCCCC1CNc1cc(Cl)ncn1. The van der Waals surface area contributed by atoms with E-state index in [1.807, 2.05) is 0 Å². The van der Waals surface area contributed by atoms with Gasteiger partial charge in [0.05, 0.1) is 0 Å².